The molecule has 1 spiro atoms. The largest absolute Gasteiger partial charge is 0.421 e. The van der Waals surface area contributed by atoms with Gasteiger partial charge in [0.25, 0.3) is 5.91 Å². The molecule has 2 heterocycles. The maximum absolute atomic E-state index is 13.8. The third-order valence-electron chi connectivity index (χ3n) is 5.53. The van der Waals surface area contributed by atoms with Gasteiger partial charge in [0.1, 0.15) is 17.2 Å². The number of pyridine rings is 1. The lowest BCUT2D eigenvalue weighted by Crippen LogP contribution is -2.55. The fourth-order valence-electron chi connectivity index (χ4n) is 3.95. The molecule has 1 amide bonds. The van der Waals surface area contributed by atoms with Crippen molar-refractivity contribution in [1.29, 1.82) is 5.26 Å². The van der Waals surface area contributed by atoms with Crippen molar-refractivity contribution in [1.82, 2.24) is 4.98 Å². The maximum Gasteiger partial charge on any atom is 0.421 e. The van der Waals surface area contributed by atoms with Gasteiger partial charge in [-0.3, -0.25) is 9.69 Å². The van der Waals surface area contributed by atoms with Crippen molar-refractivity contribution >= 4 is 34.6 Å². The molecule has 1 N–H and O–H groups in total. The van der Waals surface area contributed by atoms with Crippen LogP contribution in [0.4, 0.5) is 24.5 Å². The van der Waals surface area contributed by atoms with E-state index in [1.165, 1.54) is 6.07 Å². The van der Waals surface area contributed by atoms with Gasteiger partial charge >= 0.3 is 6.18 Å². The first-order valence-electron chi connectivity index (χ1n) is 9.09. The van der Waals surface area contributed by atoms with E-state index >= 15 is 0 Å². The number of thiocarbonyl (C=S) groups is 1. The van der Waals surface area contributed by atoms with Crippen LogP contribution in [0, 0.1) is 11.3 Å². The van der Waals surface area contributed by atoms with Crippen molar-refractivity contribution in [2.45, 2.75) is 37.6 Å². The Kier molecular flexibility index (Phi) is 4.75. The number of aromatic nitrogens is 1. The van der Waals surface area contributed by atoms with Crippen molar-refractivity contribution in [3.8, 4) is 6.07 Å². The van der Waals surface area contributed by atoms with Crippen LogP contribution in [0.1, 0.15) is 36.1 Å². The molecular formula is C20H15F3N4O2S. The molecule has 1 saturated heterocycles. The summed E-state index contributed by atoms with van der Waals surface area (Å²) < 4.78 is 41.4. The second-order valence-electron chi connectivity index (χ2n) is 7.13. The van der Waals surface area contributed by atoms with Gasteiger partial charge in [-0.25, -0.2) is 4.98 Å². The molecule has 2 aliphatic rings. The van der Waals surface area contributed by atoms with E-state index in [0.29, 0.717) is 24.1 Å². The highest BCUT2D eigenvalue weighted by molar-refractivity contribution is 7.81. The first kappa shape index (κ1) is 20.3. The fourth-order valence-corrected chi connectivity index (χ4v) is 4.41. The van der Waals surface area contributed by atoms with Gasteiger partial charge in [-0.05, 0) is 55.2 Å². The lowest BCUT2D eigenvalue weighted by atomic mass is 9.75. The number of alkyl halides is 3. The molecule has 1 aliphatic carbocycles. The highest BCUT2D eigenvalue weighted by atomic mass is 32.1. The number of carbonyl (C=O) groups excluding carboxylic acids is 1. The number of hydrogen-bond donors (Lipinski definition) is 1. The first-order chi connectivity index (χ1) is 14.2. The summed E-state index contributed by atoms with van der Waals surface area (Å²) in [5.74, 6) is -0.550. The summed E-state index contributed by atoms with van der Waals surface area (Å²) in [7, 11) is 0. The molecule has 0 unspecified atom stereocenters. The van der Waals surface area contributed by atoms with E-state index in [1.54, 1.807) is 29.2 Å². The highest BCUT2D eigenvalue weighted by Gasteiger charge is 2.60. The van der Waals surface area contributed by atoms with Crippen LogP contribution in [0.2, 0.25) is 0 Å². The minimum atomic E-state index is -4.90. The van der Waals surface area contributed by atoms with Crippen molar-refractivity contribution in [3.05, 3.63) is 53.3 Å². The van der Waals surface area contributed by atoms with Crippen molar-refractivity contribution in [2.75, 3.05) is 9.80 Å². The molecule has 0 bridgehead atoms. The second-order valence-corrected chi connectivity index (χ2v) is 7.50. The van der Waals surface area contributed by atoms with Gasteiger partial charge in [0.05, 0.1) is 12.3 Å². The number of carbonyl (C=O) groups is 1. The standard InChI is InChI=1S/C20H15F3N4O2S/c21-20(22,23)16-14(10-24)25-9-6-15(16)26-17(29)19(7-1-8-19)27(18(26)30)13-4-2-12(11-28)3-5-13/h2-6,9,28H,1,7-8,11H2. The Balaban J connectivity index is 1.87. The maximum atomic E-state index is 13.8. The number of anilines is 2. The van der Waals surface area contributed by atoms with Crippen molar-refractivity contribution in [3.63, 3.8) is 0 Å². The number of halogens is 3. The Bertz CT molecular complexity index is 1070. The lowest BCUT2D eigenvalue weighted by Gasteiger charge is -2.43. The Morgan fingerprint density at radius 3 is 2.40 bits per heavy atom. The molecule has 0 radical (unpaired) electrons. The Morgan fingerprint density at radius 1 is 1.23 bits per heavy atom. The predicted octanol–water partition coefficient (Wildman–Crippen LogP) is 3.53. The van der Waals surface area contributed by atoms with Crippen LogP contribution in [0.5, 0.6) is 0 Å². The zero-order valence-corrected chi connectivity index (χ0v) is 16.3. The fraction of sp³-hybridized carbons (Fsp3) is 0.300. The molecular weight excluding hydrogens is 417 g/mol. The number of aliphatic hydroxyl groups excluding tert-OH is 1. The van der Waals surface area contributed by atoms with Gasteiger partial charge in [0, 0.05) is 11.9 Å². The van der Waals surface area contributed by atoms with Gasteiger partial charge < -0.3 is 10.0 Å². The van der Waals surface area contributed by atoms with Crippen LogP contribution in [-0.2, 0) is 17.6 Å². The summed E-state index contributed by atoms with van der Waals surface area (Å²) in [6, 6.07) is 9.18. The van der Waals surface area contributed by atoms with Gasteiger partial charge in [-0.1, -0.05) is 12.1 Å². The average Bonchev–Trinajstić information content (AvgIpc) is 2.93. The molecule has 1 aromatic heterocycles. The van der Waals surface area contributed by atoms with Crippen molar-refractivity contribution < 1.29 is 23.1 Å². The van der Waals surface area contributed by atoms with E-state index in [1.807, 2.05) is 0 Å². The summed E-state index contributed by atoms with van der Waals surface area (Å²) in [4.78, 5) is 19.4. The molecule has 10 heteroatoms. The monoisotopic (exact) mass is 432 g/mol. The molecule has 154 valence electrons. The number of hydrogen-bond acceptors (Lipinski definition) is 5. The van der Waals surface area contributed by atoms with Crippen LogP contribution in [0.15, 0.2) is 36.5 Å². The molecule has 2 aromatic rings. The van der Waals surface area contributed by atoms with Gasteiger partial charge in [-0.15, -0.1) is 0 Å². The number of benzene rings is 1. The molecule has 6 nitrogen and oxygen atoms in total. The SMILES string of the molecule is N#Cc1nccc(N2C(=O)C3(CCC3)N(c3ccc(CO)cc3)C2=S)c1C(F)(F)F. The molecule has 0 atom stereocenters. The van der Waals surface area contributed by atoms with Crippen LogP contribution >= 0.6 is 12.2 Å². The van der Waals surface area contributed by atoms with Gasteiger partial charge in [0.15, 0.2) is 10.8 Å². The van der Waals surface area contributed by atoms with E-state index in [0.717, 1.165) is 23.6 Å². The van der Waals surface area contributed by atoms with E-state index in [2.05, 4.69) is 4.98 Å². The average molecular weight is 432 g/mol. The second kappa shape index (κ2) is 7.04. The summed E-state index contributed by atoms with van der Waals surface area (Å²) in [6.45, 7) is -0.163. The predicted molar refractivity (Wildman–Crippen MR) is 105 cm³/mol. The summed E-state index contributed by atoms with van der Waals surface area (Å²) in [5, 5.41) is 18.3. The normalized spacial score (nSPS) is 18.0. The van der Waals surface area contributed by atoms with Crippen LogP contribution in [-0.4, -0.2) is 26.6 Å². The van der Waals surface area contributed by atoms with E-state index in [4.69, 9.17) is 17.5 Å². The summed E-state index contributed by atoms with van der Waals surface area (Å²) in [6.07, 6.45) is -2.21. The Hall–Kier alpha value is -3.03. The third-order valence-corrected chi connectivity index (χ3v) is 5.89. The topological polar surface area (TPSA) is 80.5 Å². The van der Waals surface area contributed by atoms with E-state index in [9.17, 15) is 23.1 Å². The third kappa shape index (κ3) is 2.85. The zero-order chi connectivity index (χ0) is 21.7. The summed E-state index contributed by atoms with van der Waals surface area (Å²) >= 11 is 5.49. The Morgan fingerprint density at radius 2 is 1.90 bits per heavy atom. The number of rotatable bonds is 3. The quantitative estimate of drug-likeness (QED) is 0.748. The zero-order valence-electron chi connectivity index (χ0n) is 15.5. The lowest BCUT2D eigenvalue weighted by molar-refractivity contribution is -0.137. The number of nitrogens with zero attached hydrogens (tertiary/aromatic N) is 4. The molecule has 1 saturated carbocycles. The van der Waals surface area contributed by atoms with Crippen LogP contribution in [0.25, 0.3) is 0 Å². The van der Waals surface area contributed by atoms with E-state index in [-0.39, 0.29) is 11.7 Å². The number of amides is 1. The van der Waals surface area contributed by atoms with Gasteiger partial charge in [0.2, 0.25) is 0 Å². The number of nitriles is 1. The van der Waals surface area contributed by atoms with Crippen LogP contribution in [0.3, 0.4) is 0 Å². The minimum Gasteiger partial charge on any atom is -0.392 e. The van der Waals surface area contributed by atoms with Gasteiger partial charge in [-0.2, -0.15) is 18.4 Å². The van der Waals surface area contributed by atoms with E-state index < -0.39 is 34.6 Å². The summed E-state index contributed by atoms with van der Waals surface area (Å²) in [5.41, 5.74) is -2.45. The first-order valence-corrected chi connectivity index (χ1v) is 9.50. The molecule has 2 fully saturated rings. The molecule has 30 heavy (non-hydrogen) atoms. The smallest absolute Gasteiger partial charge is 0.392 e. The molecule has 1 aliphatic heterocycles. The molecule has 1 aromatic carbocycles. The number of aliphatic hydroxyl groups is 1. The minimum absolute atomic E-state index is 0.0861. The molecule has 4 rings (SSSR count). The van der Waals surface area contributed by atoms with Crippen LogP contribution < -0.4 is 9.80 Å². The van der Waals surface area contributed by atoms with Crippen molar-refractivity contribution in [2.24, 2.45) is 0 Å². The Labute approximate surface area is 175 Å². The highest BCUT2D eigenvalue weighted by Crippen LogP contribution is 2.49.